The molecular formula is C17H26ClNO2. The van der Waals surface area contributed by atoms with Gasteiger partial charge >= 0.3 is 0 Å². The quantitative estimate of drug-likeness (QED) is 0.605. The first-order valence-electron chi connectivity index (χ1n) is 7.94. The van der Waals surface area contributed by atoms with E-state index in [9.17, 15) is 0 Å². The van der Waals surface area contributed by atoms with Crippen LogP contribution in [0.25, 0.3) is 0 Å². The number of methoxy groups -OCH3 is 1. The zero-order valence-electron chi connectivity index (χ0n) is 12.9. The van der Waals surface area contributed by atoms with Crippen LogP contribution in [0.4, 0.5) is 0 Å². The first-order valence-corrected chi connectivity index (χ1v) is 8.32. The lowest BCUT2D eigenvalue weighted by Gasteiger charge is -2.20. The topological polar surface area (TPSA) is 30.5 Å². The molecule has 0 saturated heterocycles. The summed E-state index contributed by atoms with van der Waals surface area (Å²) in [4.78, 5) is 0. The minimum absolute atomic E-state index is 0.353. The number of rotatable bonds is 7. The molecule has 3 nitrogen and oxygen atoms in total. The molecule has 0 aliphatic heterocycles. The molecule has 0 atom stereocenters. The van der Waals surface area contributed by atoms with Gasteiger partial charge in [0.15, 0.2) is 0 Å². The zero-order chi connectivity index (χ0) is 14.9. The predicted octanol–water partition coefficient (Wildman–Crippen LogP) is 4.18. The summed E-state index contributed by atoms with van der Waals surface area (Å²) in [7, 11) is 1.71. The van der Waals surface area contributed by atoms with Crippen LogP contribution in [0.1, 0.15) is 44.1 Å². The average molecular weight is 312 g/mol. The number of nitrogens with one attached hydrogen (secondary N) is 1. The summed E-state index contributed by atoms with van der Waals surface area (Å²) in [5.41, 5.74) is 1.13. The molecular weight excluding hydrogens is 286 g/mol. The van der Waals surface area contributed by atoms with Gasteiger partial charge in [-0.1, -0.05) is 24.4 Å². The summed E-state index contributed by atoms with van der Waals surface area (Å²) in [6.45, 7) is 2.29. The van der Waals surface area contributed by atoms with Gasteiger partial charge in [0, 0.05) is 30.8 Å². The first-order chi connectivity index (χ1) is 10.3. The normalized spacial score (nSPS) is 16.7. The molecule has 0 radical (unpaired) electrons. The van der Waals surface area contributed by atoms with Gasteiger partial charge in [-0.05, 0) is 43.9 Å². The van der Waals surface area contributed by atoms with E-state index in [2.05, 4.69) is 5.32 Å². The number of halogens is 1. The van der Waals surface area contributed by atoms with Crippen LogP contribution in [0.15, 0.2) is 18.2 Å². The lowest BCUT2D eigenvalue weighted by molar-refractivity contribution is 0.180. The Labute approximate surface area is 133 Å². The Kier molecular flexibility index (Phi) is 7.34. The standard InChI is InChI=1S/C17H26ClNO2/c1-20-11-10-19-13-14-12-15(18)8-9-17(14)21-16-6-4-2-3-5-7-16/h8-9,12,16,19H,2-7,10-11,13H2,1H3. The van der Waals surface area contributed by atoms with Crippen LogP contribution in [-0.4, -0.2) is 26.4 Å². The summed E-state index contributed by atoms with van der Waals surface area (Å²) in [6, 6.07) is 5.90. The van der Waals surface area contributed by atoms with Gasteiger partial charge in [-0.15, -0.1) is 0 Å². The van der Waals surface area contributed by atoms with E-state index in [1.807, 2.05) is 18.2 Å². The second-order valence-corrected chi connectivity index (χ2v) is 6.09. The highest BCUT2D eigenvalue weighted by Gasteiger charge is 2.15. The molecule has 1 saturated carbocycles. The molecule has 0 unspecified atom stereocenters. The fourth-order valence-electron chi connectivity index (χ4n) is 2.74. The molecule has 21 heavy (non-hydrogen) atoms. The van der Waals surface area contributed by atoms with E-state index in [4.69, 9.17) is 21.1 Å². The van der Waals surface area contributed by atoms with Crippen molar-refractivity contribution in [2.75, 3.05) is 20.3 Å². The Morgan fingerprint density at radius 3 is 2.67 bits per heavy atom. The van der Waals surface area contributed by atoms with E-state index in [0.717, 1.165) is 29.4 Å². The minimum Gasteiger partial charge on any atom is -0.490 e. The third-order valence-corrected chi connectivity index (χ3v) is 4.15. The molecule has 0 amide bonds. The Bertz CT molecular complexity index is 417. The van der Waals surface area contributed by atoms with Gasteiger partial charge in [0.2, 0.25) is 0 Å². The predicted molar refractivity (Wildman–Crippen MR) is 87.2 cm³/mol. The van der Waals surface area contributed by atoms with Crippen LogP contribution in [0.5, 0.6) is 5.75 Å². The van der Waals surface area contributed by atoms with E-state index >= 15 is 0 Å². The summed E-state index contributed by atoms with van der Waals surface area (Å²) in [5, 5.41) is 4.11. The molecule has 2 rings (SSSR count). The highest BCUT2D eigenvalue weighted by atomic mass is 35.5. The smallest absolute Gasteiger partial charge is 0.124 e. The average Bonchev–Trinajstić information content (AvgIpc) is 2.75. The highest BCUT2D eigenvalue weighted by Crippen LogP contribution is 2.27. The van der Waals surface area contributed by atoms with Crippen molar-refractivity contribution in [1.82, 2.24) is 5.32 Å². The Balaban J connectivity index is 1.96. The highest BCUT2D eigenvalue weighted by molar-refractivity contribution is 6.30. The zero-order valence-corrected chi connectivity index (χ0v) is 13.6. The van der Waals surface area contributed by atoms with Gasteiger partial charge in [-0.3, -0.25) is 0 Å². The molecule has 1 fully saturated rings. The molecule has 1 N–H and O–H groups in total. The van der Waals surface area contributed by atoms with Crippen molar-refractivity contribution < 1.29 is 9.47 Å². The van der Waals surface area contributed by atoms with Crippen LogP contribution in [-0.2, 0) is 11.3 Å². The van der Waals surface area contributed by atoms with E-state index in [0.29, 0.717) is 12.7 Å². The maximum absolute atomic E-state index is 6.25. The number of ether oxygens (including phenoxy) is 2. The van der Waals surface area contributed by atoms with Crippen LogP contribution in [0.3, 0.4) is 0 Å². The number of benzene rings is 1. The summed E-state index contributed by atoms with van der Waals surface area (Å²) < 4.78 is 11.3. The van der Waals surface area contributed by atoms with Crippen LogP contribution in [0.2, 0.25) is 5.02 Å². The Morgan fingerprint density at radius 1 is 1.19 bits per heavy atom. The molecule has 0 aromatic heterocycles. The van der Waals surface area contributed by atoms with Gasteiger partial charge < -0.3 is 14.8 Å². The van der Waals surface area contributed by atoms with Crippen molar-refractivity contribution in [3.05, 3.63) is 28.8 Å². The molecule has 1 aromatic rings. The first kappa shape index (κ1) is 16.6. The van der Waals surface area contributed by atoms with Crippen molar-refractivity contribution in [1.29, 1.82) is 0 Å². The lowest BCUT2D eigenvalue weighted by Crippen LogP contribution is -2.21. The van der Waals surface area contributed by atoms with Gasteiger partial charge in [0.05, 0.1) is 12.7 Å². The van der Waals surface area contributed by atoms with Crippen LogP contribution in [0, 0.1) is 0 Å². The summed E-state index contributed by atoms with van der Waals surface area (Å²) in [5.74, 6) is 0.969. The second-order valence-electron chi connectivity index (χ2n) is 5.65. The molecule has 1 aliphatic carbocycles. The molecule has 1 aliphatic rings. The van der Waals surface area contributed by atoms with Crippen molar-refractivity contribution in [3.63, 3.8) is 0 Å². The van der Waals surface area contributed by atoms with Gasteiger partial charge in [-0.25, -0.2) is 0 Å². The maximum Gasteiger partial charge on any atom is 0.124 e. The largest absolute Gasteiger partial charge is 0.490 e. The van der Waals surface area contributed by atoms with Gasteiger partial charge in [0.1, 0.15) is 5.75 Å². The SMILES string of the molecule is COCCNCc1cc(Cl)ccc1OC1CCCCCC1. The minimum atomic E-state index is 0.353. The summed E-state index contributed by atoms with van der Waals surface area (Å²) in [6.07, 6.45) is 7.92. The maximum atomic E-state index is 6.25. The van der Waals surface area contributed by atoms with Crippen molar-refractivity contribution in [2.45, 2.75) is 51.2 Å². The Hall–Kier alpha value is -0.770. The fourth-order valence-corrected chi connectivity index (χ4v) is 2.93. The third kappa shape index (κ3) is 5.85. The van der Waals surface area contributed by atoms with Crippen molar-refractivity contribution >= 4 is 11.6 Å². The molecule has 118 valence electrons. The Morgan fingerprint density at radius 2 is 1.95 bits per heavy atom. The van der Waals surface area contributed by atoms with Crippen LogP contribution >= 0.6 is 11.6 Å². The second kappa shape index (κ2) is 9.29. The van der Waals surface area contributed by atoms with E-state index in [1.165, 1.54) is 38.5 Å². The van der Waals surface area contributed by atoms with Crippen LogP contribution < -0.4 is 10.1 Å². The lowest BCUT2D eigenvalue weighted by atomic mass is 10.1. The molecule has 0 bridgehead atoms. The fraction of sp³-hybridized carbons (Fsp3) is 0.647. The number of hydrogen-bond acceptors (Lipinski definition) is 3. The molecule has 4 heteroatoms. The third-order valence-electron chi connectivity index (χ3n) is 3.92. The number of hydrogen-bond donors (Lipinski definition) is 1. The van der Waals surface area contributed by atoms with Gasteiger partial charge in [-0.2, -0.15) is 0 Å². The molecule has 0 spiro atoms. The molecule has 1 aromatic carbocycles. The molecule has 0 heterocycles. The summed E-state index contributed by atoms with van der Waals surface area (Å²) >= 11 is 6.12. The van der Waals surface area contributed by atoms with Crippen molar-refractivity contribution in [2.24, 2.45) is 0 Å². The van der Waals surface area contributed by atoms with E-state index in [1.54, 1.807) is 7.11 Å². The van der Waals surface area contributed by atoms with Crippen molar-refractivity contribution in [3.8, 4) is 5.75 Å². The monoisotopic (exact) mass is 311 g/mol. The van der Waals surface area contributed by atoms with Gasteiger partial charge in [0.25, 0.3) is 0 Å². The van der Waals surface area contributed by atoms with E-state index in [-0.39, 0.29) is 0 Å². The van der Waals surface area contributed by atoms with E-state index < -0.39 is 0 Å².